The number of aliphatic hydroxyl groups excluding tert-OH is 1. The normalized spacial score (nSPS) is 20.3. The molecule has 9 heteroatoms. The molecule has 2 atom stereocenters. The lowest BCUT2D eigenvalue weighted by Gasteiger charge is -2.27. The van der Waals surface area contributed by atoms with E-state index < -0.39 is 0 Å². The highest BCUT2D eigenvalue weighted by atomic mass is 35.5. The van der Waals surface area contributed by atoms with Crippen molar-refractivity contribution in [1.82, 2.24) is 4.98 Å². The van der Waals surface area contributed by atoms with Crippen LogP contribution in [0.3, 0.4) is 0 Å². The molecule has 3 N–H and O–H groups in total. The van der Waals surface area contributed by atoms with E-state index in [2.05, 4.69) is 15.3 Å². The maximum Gasteiger partial charge on any atom is 0.228 e. The van der Waals surface area contributed by atoms with Gasteiger partial charge in [0.2, 0.25) is 11.7 Å². The molecule has 0 spiro atoms. The Bertz CT molecular complexity index is 1360. The highest BCUT2D eigenvalue weighted by Crippen LogP contribution is 2.26. The summed E-state index contributed by atoms with van der Waals surface area (Å²) in [7, 11) is 0. The maximum absolute atomic E-state index is 13.6. The van der Waals surface area contributed by atoms with Crippen molar-refractivity contribution < 1.29 is 19.4 Å². The van der Waals surface area contributed by atoms with E-state index in [0.29, 0.717) is 31.0 Å². The van der Waals surface area contributed by atoms with E-state index in [0.717, 1.165) is 23.2 Å². The van der Waals surface area contributed by atoms with Gasteiger partial charge >= 0.3 is 0 Å². The first-order valence-electron chi connectivity index (χ1n) is 12.2. The number of aromatic amines is 1. The molecule has 1 saturated heterocycles. The van der Waals surface area contributed by atoms with Crippen molar-refractivity contribution in [3.05, 3.63) is 88.2 Å². The predicted molar refractivity (Wildman–Crippen MR) is 143 cm³/mol. The average Bonchev–Trinajstić information content (AvgIpc) is 3.39. The highest BCUT2D eigenvalue weighted by Gasteiger charge is 2.30. The quantitative estimate of drug-likeness (QED) is 0.410. The van der Waals surface area contributed by atoms with Gasteiger partial charge in [0, 0.05) is 28.7 Å². The smallest absolute Gasteiger partial charge is 0.228 e. The number of hydrogen-bond acceptors (Lipinski definition) is 6. The SMILES string of the molecule is O=C(Cc1ccccc1)Nc1ccc(C(=O)C2=NCc3[nH]ccc3C2=N[C@@H]2CC[C@H](CO)OC2)c(Cl)c1. The number of amides is 1. The summed E-state index contributed by atoms with van der Waals surface area (Å²) in [5.74, 6) is -0.506. The van der Waals surface area contributed by atoms with Crippen LogP contribution in [-0.4, -0.2) is 58.6 Å². The summed E-state index contributed by atoms with van der Waals surface area (Å²) >= 11 is 6.52. The zero-order valence-corrected chi connectivity index (χ0v) is 20.9. The van der Waals surface area contributed by atoms with Gasteiger partial charge in [0.25, 0.3) is 0 Å². The number of aromatic nitrogens is 1. The van der Waals surface area contributed by atoms with E-state index in [9.17, 15) is 14.7 Å². The Morgan fingerprint density at radius 2 is 2.00 bits per heavy atom. The second-order valence-corrected chi connectivity index (χ2v) is 9.52. The largest absolute Gasteiger partial charge is 0.394 e. The number of rotatable bonds is 7. The molecular formula is C28H27ClN4O4. The van der Waals surface area contributed by atoms with Crippen LogP contribution in [0.2, 0.25) is 5.02 Å². The van der Waals surface area contributed by atoms with Gasteiger partial charge in [-0.25, -0.2) is 0 Å². The molecule has 1 amide bonds. The summed E-state index contributed by atoms with van der Waals surface area (Å²) in [6.45, 7) is 0.688. The number of nitrogens with zero attached hydrogens (tertiary/aromatic N) is 2. The molecule has 0 saturated carbocycles. The van der Waals surface area contributed by atoms with Crippen molar-refractivity contribution in [3.8, 4) is 0 Å². The van der Waals surface area contributed by atoms with Gasteiger partial charge in [0.05, 0.1) is 49.1 Å². The number of ether oxygens (including phenoxy) is 1. The minimum absolute atomic E-state index is 0.0162. The van der Waals surface area contributed by atoms with Crippen LogP contribution in [0.15, 0.2) is 70.8 Å². The molecule has 3 aromatic rings. The van der Waals surface area contributed by atoms with Crippen LogP contribution < -0.4 is 5.32 Å². The Morgan fingerprint density at radius 3 is 2.73 bits per heavy atom. The first-order valence-corrected chi connectivity index (χ1v) is 12.6. The molecule has 0 unspecified atom stereocenters. The summed E-state index contributed by atoms with van der Waals surface area (Å²) in [4.78, 5) is 38.6. The molecule has 1 fully saturated rings. The van der Waals surface area contributed by atoms with Gasteiger partial charge in [-0.2, -0.15) is 0 Å². The zero-order chi connectivity index (χ0) is 25.8. The van der Waals surface area contributed by atoms with Crippen LogP contribution in [0.4, 0.5) is 5.69 Å². The van der Waals surface area contributed by atoms with E-state index in [1.807, 2.05) is 42.6 Å². The summed E-state index contributed by atoms with van der Waals surface area (Å²) in [5.41, 5.74) is 4.19. The van der Waals surface area contributed by atoms with Crippen molar-refractivity contribution in [1.29, 1.82) is 0 Å². The van der Waals surface area contributed by atoms with E-state index in [4.69, 9.17) is 21.3 Å². The van der Waals surface area contributed by atoms with Crippen molar-refractivity contribution >= 4 is 40.4 Å². The minimum atomic E-state index is -0.331. The number of carbonyl (C=O) groups excluding carboxylic acids is 2. The molecule has 0 aliphatic carbocycles. The monoisotopic (exact) mass is 518 g/mol. The second kappa shape index (κ2) is 11.2. The van der Waals surface area contributed by atoms with Crippen LogP contribution in [0.1, 0.15) is 40.0 Å². The third-order valence-corrected chi connectivity index (χ3v) is 6.80. The number of hydrogen-bond donors (Lipinski definition) is 3. The Labute approximate surface area is 219 Å². The number of halogens is 1. The Morgan fingerprint density at radius 1 is 1.16 bits per heavy atom. The second-order valence-electron chi connectivity index (χ2n) is 9.12. The van der Waals surface area contributed by atoms with Crippen LogP contribution in [0.5, 0.6) is 0 Å². The van der Waals surface area contributed by atoms with Gasteiger partial charge in [-0.3, -0.25) is 19.6 Å². The molecule has 2 aliphatic rings. The van der Waals surface area contributed by atoms with Gasteiger partial charge in [0.15, 0.2) is 0 Å². The predicted octanol–water partition coefficient (Wildman–Crippen LogP) is 4.02. The molecule has 37 heavy (non-hydrogen) atoms. The molecule has 0 bridgehead atoms. The van der Waals surface area contributed by atoms with Crippen LogP contribution in [0, 0.1) is 0 Å². The zero-order valence-electron chi connectivity index (χ0n) is 20.1. The lowest BCUT2D eigenvalue weighted by molar-refractivity contribution is -0.115. The van der Waals surface area contributed by atoms with E-state index in [-0.39, 0.29) is 53.2 Å². The molecule has 1 aromatic heterocycles. The minimum Gasteiger partial charge on any atom is -0.394 e. The van der Waals surface area contributed by atoms with Crippen molar-refractivity contribution in [2.45, 2.75) is 38.0 Å². The van der Waals surface area contributed by atoms with E-state index >= 15 is 0 Å². The van der Waals surface area contributed by atoms with Gasteiger partial charge in [-0.1, -0.05) is 41.9 Å². The molecule has 2 aliphatic heterocycles. The highest BCUT2D eigenvalue weighted by molar-refractivity contribution is 6.74. The van der Waals surface area contributed by atoms with Crippen LogP contribution in [0.25, 0.3) is 0 Å². The molecule has 8 nitrogen and oxygen atoms in total. The third kappa shape index (κ3) is 5.72. The van der Waals surface area contributed by atoms with Gasteiger partial charge < -0.3 is 20.1 Å². The molecular weight excluding hydrogens is 492 g/mol. The molecule has 2 aromatic carbocycles. The summed E-state index contributed by atoms with van der Waals surface area (Å²) < 4.78 is 5.69. The first kappa shape index (κ1) is 25.1. The number of fused-ring (bicyclic) bond motifs is 1. The number of anilines is 1. The molecule has 190 valence electrons. The number of aliphatic imine (C=N–C) groups is 2. The van der Waals surface area contributed by atoms with Crippen LogP contribution >= 0.6 is 11.6 Å². The molecule has 5 rings (SSSR count). The number of ketones is 1. The number of aliphatic hydroxyl groups is 1. The summed E-state index contributed by atoms with van der Waals surface area (Å²) in [6.07, 6.45) is 3.31. The number of Topliss-reactive ketones (excluding diaryl/α,β-unsaturated/α-hetero) is 1. The number of H-pyrrole nitrogens is 1. The third-order valence-electron chi connectivity index (χ3n) is 6.49. The van der Waals surface area contributed by atoms with Crippen molar-refractivity contribution in [3.63, 3.8) is 0 Å². The Kier molecular flexibility index (Phi) is 7.60. The fraction of sp³-hybridized carbons (Fsp3) is 0.286. The van der Waals surface area contributed by atoms with Crippen LogP contribution in [-0.2, 0) is 22.5 Å². The van der Waals surface area contributed by atoms with E-state index in [1.165, 1.54) is 0 Å². The number of carbonyl (C=O) groups is 2. The lowest BCUT2D eigenvalue weighted by Crippen LogP contribution is -2.34. The standard InChI is InChI=1S/C28H27ClN4O4/c29-23-13-18(32-25(35)12-17-4-2-1-3-5-17)7-9-21(23)28(36)27-26(22-10-11-30-24(22)14-31-27)33-19-6-8-20(15-34)37-16-19/h1-5,7,9-11,13,19-20,30,34H,6,8,12,14-16H2,(H,32,35)/t19-,20-/m1/s1. The van der Waals surface area contributed by atoms with Gasteiger partial charge in [0.1, 0.15) is 5.71 Å². The molecule has 3 heterocycles. The van der Waals surface area contributed by atoms with Crippen molar-refractivity contribution in [2.75, 3.05) is 18.5 Å². The fourth-order valence-corrected chi connectivity index (χ4v) is 4.81. The number of benzene rings is 2. The van der Waals surface area contributed by atoms with Crippen molar-refractivity contribution in [2.24, 2.45) is 9.98 Å². The summed E-state index contributed by atoms with van der Waals surface area (Å²) in [5, 5.41) is 12.4. The molecule has 0 radical (unpaired) electrons. The fourth-order valence-electron chi connectivity index (χ4n) is 4.54. The Balaban J connectivity index is 1.35. The topological polar surface area (TPSA) is 116 Å². The first-order chi connectivity index (χ1) is 18.0. The average molecular weight is 519 g/mol. The van der Waals surface area contributed by atoms with Gasteiger partial charge in [-0.05, 0) is 42.7 Å². The summed E-state index contributed by atoms with van der Waals surface area (Å²) in [6, 6.07) is 16.0. The number of nitrogens with one attached hydrogen (secondary N) is 2. The maximum atomic E-state index is 13.6. The van der Waals surface area contributed by atoms with E-state index in [1.54, 1.807) is 18.2 Å². The van der Waals surface area contributed by atoms with Gasteiger partial charge in [-0.15, -0.1) is 0 Å². The Hall–Kier alpha value is -3.59. The lowest BCUT2D eigenvalue weighted by atomic mass is 9.95.